The number of ether oxygens (including phenoxy) is 1. The second kappa shape index (κ2) is 8.75. The average molecular weight is 366 g/mol. The zero-order chi connectivity index (χ0) is 19.1. The highest BCUT2D eigenvalue weighted by Gasteiger charge is 2.04. The zero-order valence-corrected chi connectivity index (χ0v) is 15.0. The van der Waals surface area contributed by atoms with E-state index < -0.39 is 0 Å². The summed E-state index contributed by atoms with van der Waals surface area (Å²) in [5.41, 5.74) is 2.93. The second-order valence-corrected chi connectivity index (χ2v) is 6.02. The van der Waals surface area contributed by atoms with Crippen molar-refractivity contribution >= 4 is 22.8 Å². The molecule has 0 unspecified atom stereocenters. The van der Waals surface area contributed by atoms with Gasteiger partial charge in [0, 0.05) is 24.8 Å². The van der Waals surface area contributed by atoms with Gasteiger partial charge < -0.3 is 25.7 Å². The van der Waals surface area contributed by atoms with E-state index in [1.54, 1.807) is 19.2 Å². The standard InChI is InChI=1S/C20H22N4O3/c1-21-19(25)13-27-17-8-6-14(7-9-17)11-22-20(26)23-12-16-10-15-4-2-3-5-18(15)24-16/h2-10,24H,11-13H2,1H3,(H,21,25)(H2,22,23,26). The van der Waals surface area contributed by atoms with Crippen molar-refractivity contribution in [3.05, 3.63) is 65.9 Å². The summed E-state index contributed by atoms with van der Waals surface area (Å²) in [6.07, 6.45) is 0. The molecule has 27 heavy (non-hydrogen) atoms. The van der Waals surface area contributed by atoms with Crippen molar-refractivity contribution < 1.29 is 14.3 Å². The Morgan fingerprint density at radius 2 is 1.74 bits per heavy atom. The molecule has 0 aliphatic heterocycles. The number of carbonyl (C=O) groups is 2. The van der Waals surface area contributed by atoms with Gasteiger partial charge in [-0.15, -0.1) is 0 Å². The summed E-state index contributed by atoms with van der Waals surface area (Å²) < 4.78 is 5.34. The molecule has 0 aliphatic rings. The first-order valence-corrected chi connectivity index (χ1v) is 8.64. The quantitative estimate of drug-likeness (QED) is 0.517. The first-order chi connectivity index (χ1) is 13.1. The fourth-order valence-corrected chi connectivity index (χ4v) is 2.57. The van der Waals surface area contributed by atoms with Crippen LogP contribution in [0.1, 0.15) is 11.3 Å². The van der Waals surface area contributed by atoms with E-state index in [0.29, 0.717) is 18.8 Å². The van der Waals surface area contributed by atoms with Crippen LogP contribution < -0.4 is 20.7 Å². The van der Waals surface area contributed by atoms with Crippen LogP contribution >= 0.6 is 0 Å². The minimum Gasteiger partial charge on any atom is -0.484 e. The Balaban J connectivity index is 1.42. The Labute approximate surface area is 157 Å². The van der Waals surface area contributed by atoms with Crippen molar-refractivity contribution in [1.29, 1.82) is 0 Å². The summed E-state index contributed by atoms with van der Waals surface area (Å²) in [6, 6.07) is 17.0. The first kappa shape index (κ1) is 18.3. The molecule has 1 heterocycles. The third-order valence-electron chi connectivity index (χ3n) is 4.05. The maximum absolute atomic E-state index is 12.0. The predicted molar refractivity (Wildman–Crippen MR) is 103 cm³/mol. The SMILES string of the molecule is CNC(=O)COc1ccc(CNC(=O)NCc2cc3ccccc3[nH]2)cc1. The van der Waals surface area contributed by atoms with Gasteiger partial charge in [-0.05, 0) is 35.2 Å². The normalized spacial score (nSPS) is 10.4. The Kier molecular flexibility index (Phi) is 5.94. The smallest absolute Gasteiger partial charge is 0.315 e. The molecule has 1 aromatic heterocycles. The number of aromatic nitrogens is 1. The van der Waals surface area contributed by atoms with E-state index in [-0.39, 0.29) is 18.5 Å². The van der Waals surface area contributed by atoms with Gasteiger partial charge in [0.15, 0.2) is 6.61 Å². The van der Waals surface area contributed by atoms with Crippen molar-refractivity contribution in [2.75, 3.05) is 13.7 Å². The van der Waals surface area contributed by atoms with Gasteiger partial charge in [-0.3, -0.25) is 4.79 Å². The molecule has 0 bridgehead atoms. The lowest BCUT2D eigenvalue weighted by molar-refractivity contribution is -0.122. The lowest BCUT2D eigenvalue weighted by atomic mass is 10.2. The Hall–Kier alpha value is -3.48. The van der Waals surface area contributed by atoms with E-state index in [4.69, 9.17) is 4.74 Å². The van der Waals surface area contributed by atoms with Gasteiger partial charge in [0.1, 0.15) is 5.75 Å². The highest BCUT2D eigenvalue weighted by molar-refractivity contribution is 5.80. The average Bonchev–Trinajstić information content (AvgIpc) is 3.12. The number of hydrogen-bond donors (Lipinski definition) is 4. The number of hydrogen-bond acceptors (Lipinski definition) is 3. The van der Waals surface area contributed by atoms with Crippen LogP contribution in [0.15, 0.2) is 54.6 Å². The number of benzene rings is 2. The molecular formula is C20H22N4O3. The van der Waals surface area contributed by atoms with Crippen LogP contribution in [-0.4, -0.2) is 30.6 Å². The van der Waals surface area contributed by atoms with Crippen molar-refractivity contribution in [2.45, 2.75) is 13.1 Å². The van der Waals surface area contributed by atoms with Gasteiger partial charge in [-0.1, -0.05) is 30.3 Å². The van der Waals surface area contributed by atoms with Crippen molar-refractivity contribution in [2.24, 2.45) is 0 Å². The Bertz CT molecular complexity index is 885. The molecule has 0 aliphatic carbocycles. The van der Waals surface area contributed by atoms with Crippen LogP contribution in [0.3, 0.4) is 0 Å². The highest BCUT2D eigenvalue weighted by atomic mass is 16.5. The molecule has 3 amide bonds. The molecule has 0 saturated carbocycles. The third-order valence-corrected chi connectivity index (χ3v) is 4.05. The van der Waals surface area contributed by atoms with E-state index in [1.807, 2.05) is 42.5 Å². The number of H-pyrrole nitrogens is 1. The van der Waals surface area contributed by atoms with Gasteiger partial charge in [-0.2, -0.15) is 0 Å². The number of fused-ring (bicyclic) bond motifs is 1. The summed E-state index contributed by atoms with van der Waals surface area (Å²) >= 11 is 0. The molecular weight excluding hydrogens is 344 g/mol. The lowest BCUT2D eigenvalue weighted by Crippen LogP contribution is -2.34. The van der Waals surface area contributed by atoms with Crippen molar-refractivity contribution in [1.82, 2.24) is 20.9 Å². The number of aromatic amines is 1. The number of rotatable bonds is 7. The van der Waals surface area contributed by atoms with Crippen LogP contribution in [0, 0.1) is 0 Å². The number of para-hydroxylation sites is 1. The zero-order valence-electron chi connectivity index (χ0n) is 15.0. The molecule has 7 heteroatoms. The number of amides is 3. The molecule has 4 N–H and O–H groups in total. The molecule has 3 aromatic rings. The summed E-state index contributed by atoms with van der Waals surface area (Å²) in [4.78, 5) is 26.4. The molecule has 0 saturated heterocycles. The van der Waals surface area contributed by atoms with Crippen LogP contribution in [0.5, 0.6) is 5.75 Å². The highest BCUT2D eigenvalue weighted by Crippen LogP contribution is 2.14. The van der Waals surface area contributed by atoms with Crippen LogP contribution in [0.25, 0.3) is 10.9 Å². The second-order valence-electron chi connectivity index (χ2n) is 6.02. The molecule has 0 radical (unpaired) electrons. The molecule has 140 valence electrons. The van der Waals surface area contributed by atoms with Gasteiger partial charge in [0.25, 0.3) is 5.91 Å². The molecule has 0 fully saturated rings. The lowest BCUT2D eigenvalue weighted by Gasteiger charge is -2.08. The molecule has 7 nitrogen and oxygen atoms in total. The largest absolute Gasteiger partial charge is 0.484 e. The first-order valence-electron chi connectivity index (χ1n) is 8.64. The maximum atomic E-state index is 12.0. The van der Waals surface area contributed by atoms with E-state index in [9.17, 15) is 9.59 Å². The molecule has 0 spiro atoms. The summed E-state index contributed by atoms with van der Waals surface area (Å²) in [6.45, 7) is 0.797. The summed E-state index contributed by atoms with van der Waals surface area (Å²) in [7, 11) is 1.56. The molecule has 0 atom stereocenters. The predicted octanol–water partition coefficient (Wildman–Crippen LogP) is 2.29. The number of urea groups is 1. The van der Waals surface area contributed by atoms with Crippen LogP contribution in [0.4, 0.5) is 4.79 Å². The van der Waals surface area contributed by atoms with E-state index in [0.717, 1.165) is 22.2 Å². The molecule has 2 aromatic carbocycles. The van der Waals surface area contributed by atoms with Crippen molar-refractivity contribution in [3.63, 3.8) is 0 Å². The third kappa shape index (κ3) is 5.24. The van der Waals surface area contributed by atoms with E-state index in [2.05, 4.69) is 20.9 Å². The fourth-order valence-electron chi connectivity index (χ4n) is 2.57. The van der Waals surface area contributed by atoms with Gasteiger partial charge in [-0.25, -0.2) is 4.79 Å². The van der Waals surface area contributed by atoms with Crippen LogP contribution in [-0.2, 0) is 17.9 Å². The summed E-state index contributed by atoms with van der Waals surface area (Å²) in [5, 5.41) is 9.25. The van der Waals surface area contributed by atoms with Gasteiger partial charge >= 0.3 is 6.03 Å². The fraction of sp³-hybridized carbons (Fsp3) is 0.200. The van der Waals surface area contributed by atoms with Gasteiger partial charge in [0.2, 0.25) is 0 Å². The topological polar surface area (TPSA) is 95.2 Å². The van der Waals surface area contributed by atoms with Gasteiger partial charge in [0.05, 0.1) is 6.54 Å². The molecule has 3 rings (SSSR count). The number of nitrogens with one attached hydrogen (secondary N) is 4. The van der Waals surface area contributed by atoms with Crippen LogP contribution in [0.2, 0.25) is 0 Å². The Morgan fingerprint density at radius 3 is 2.48 bits per heavy atom. The summed E-state index contributed by atoms with van der Waals surface area (Å²) in [5.74, 6) is 0.415. The Morgan fingerprint density at radius 1 is 1.00 bits per heavy atom. The van der Waals surface area contributed by atoms with Crippen molar-refractivity contribution in [3.8, 4) is 5.75 Å². The number of likely N-dealkylation sites (N-methyl/N-ethyl adjacent to an activating group) is 1. The monoisotopic (exact) mass is 366 g/mol. The van der Waals surface area contributed by atoms with E-state index in [1.165, 1.54) is 0 Å². The minimum absolute atomic E-state index is 0.0236. The minimum atomic E-state index is -0.242. The number of carbonyl (C=O) groups excluding carboxylic acids is 2. The van der Waals surface area contributed by atoms with E-state index >= 15 is 0 Å². The maximum Gasteiger partial charge on any atom is 0.315 e.